The second kappa shape index (κ2) is 3.68. The smallest absolute Gasteiger partial charge is 0.324 e. The van der Waals surface area contributed by atoms with E-state index in [-0.39, 0.29) is 30.5 Å². The van der Waals surface area contributed by atoms with Gasteiger partial charge < -0.3 is 4.74 Å². The number of hydrogen-bond donors (Lipinski definition) is 0. The molecule has 72 valence electrons. The molecule has 0 aromatic rings. The standard InChI is InChI=1S/C9H12O4/c1-3-6(10)8-7(11)4-5(2)13-9(8)12/h5,8H,3-4H2,1-2H3. The van der Waals surface area contributed by atoms with Crippen LogP contribution in [0.2, 0.25) is 0 Å². The van der Waals surface area contributed by atoms with Gasteiger partial charge >= 0.3 is 5.97 Å². The first-order valence-electron chi connectivity index (χ1n) is 4.32. The molecule has 2 atom stereocenters. The van der Waals surface area contributed by atoms with Crippen LogP contribution < -0.4 is 0 Å². The largest absolute Gasteiger partial charge is 0.461 e. The first-order valence-corrected chi connectivity index (χ1v) is 4.32. The van der Waals surface area contributed by atoms with Crippen molar-refractivity contribution in [3.8, 4) is 0 Å². The lowest BCUT2D eigenvalue weighted by Gasteiger charge is -2.23. The molecule has 0 bridgehead atoms. The normalized spacial score (nSPS) is 28.5. The van der Waals surface area contributed by atoms with Crippen LogP contribution in [0.3, 0.4) is 0 Å². The molecule has 0 amide bonds. The average molecular weight is 184 g/mol. The van der Waals surface area contributed by atoms with Crippen molar-refractivity contribution >= 4 is 17.5 Å². The third kappa shape index (κ3) is 1.94. The van der Waals surface area contributed by atoms with Crippen LogP contribution in [0.5, 0.6) is 0 Å². The predicted octanol–water partition coefficient (Wildman–Crippen LogP) is 0.486. The van der Waals surface area contributed by atoms with E-state index >= 15 is 0 Å². The molecule has 0 N–H and O–H groups in total. The fourth-order valence-electron chi connectivity index (χ4n) is 1.36. The van der Waals surface area contributed by atoms with Crippen molar-refractivity contribution in [3.63, 3.8) is 0 Å². The van der Waals surface area contributed by atoms with E-state index in [1.54, 1.807) is 13.8 Å². The van der Waals surface area contributed by atoms with Gasteiger partial charge in [-0.1, -0.05) is 6.92 Å². The number of ketones is 2. The third-order valence-electron chi connectivity index (χ3n) is 2.03. The lowest BCUT2D eigenvalue weighted by Crippen LogP contribution is -2.41. The zero-order valence-electron chi connectivity index (χ0n) is 7.70. The number of carbonyl (C=O) groups excluding carboxylic acids is 3. The number of Topliss-reactive ketones (excluding diaryl/α,β-unsaturated/α-hetero) is 2. The summed E-state index contributed by atoms with van der Waals surface area (Å²) in [6.45, 7) is 3.27. The first kappa shape index (κ1) is 9.89. The molecule has 0 aliphatic carbocycles. The number of esters is 1. The molecule has 0 radical (unpaired) electrons. The van der Waals surface area contributed by atoms with Crippen LogP contribution in [0.25, 0.3) is 0 Å². The first-order chi connectivity index (χ1) is 6.06. The maximum Gasteiger partial charge on any atom is 0.324 e. The summed E-state index contributed by atoms with van der Waals surface area (Å²) in [7, 11) is 0. The molecule has 1 rings (SSSR count). The molecule has 2 unspecified atom stereocenters. The zero-order chi connectivity index (χ0) is 10.0. The summed E-state index contributed by atoms with van der Waals surface area (Å²) in [5.41, 5.74) is 0. The van der Waals surface area contributed by atoms with Crippen LogP contribution in [-0.4, -0.2) is 23.6 Å². The number of hydrogen-bond acceptors (Lipinski definition) is 4. The Kier molecular flexibility index (Phi) is 2.80. The number of carbonyl (C=O) groups is 3. The van der Waals surface area contributed by atoms with Crippen LogP contribution in [0.4, 0.5) is 0 Å². The monoisotopic (exact) mass is 184 g/mol. The van der Waals surface area contributed by atoms with Gasteiger partial charge in [-0.25, -0.2) is 0 Å². The molecule has 4 heteroatoms. The molecule has 0 saturated carbocycles. The summed E-state index contributed by atoms with van der Waals surface area (Å²) in [4.78, 5) is 33.6. The van der Waals surface area contributed by atoms with E-state index in [9.17, 15) is 14.4 Å². The molecule has 4 nitrogen and oxygen atoms in total. The van der Waals surface area contributed by atoms with Gasteiger partial charge in [0.05, 0.1) is 0 Å². The molecule has 1 fully saturated rings. The SMILES string of the molecule is CCC(=O)C1C(=O)CC(C)OC1=O. The van der Waals surface area contributed by atoms with Crippen molar-refractivity contribution in [1.29, 1.82) is 0 Å². The second-order valence-corrected chi connectivity index (χ2v) is 3.17. The van der Waals surface area contributed by atoms with Gasteiger partial charge in [0.2, 0.25) is 0 Å². The van der Waals surface area contributed by atoms with Crippen LogP contribution >= 0.6 is 0 Å². The summed E-state index contributed by atoms with van der Waals surface area (Å²) in [6, 6.07) is 0. The Morgan fingerprint density at radius 1 is 1.54 bits per heavy atom. The molecular formula is C9H12O4. The predicted molar refractivity (Wildman–Crippen MR) is 44.0 cm³/mol. The topological polar surface area (TPSA) is 60.4 Å². The van der Waals surface area contributed by atoms with Crippen molar-refractivity contribution in [2.75, 3.05) is 0 Å². The maximum absolute atomic E-state index is 11.3. The Hall–Kier alpha value is -1.19. The highest BCUT2D eigenvalue weighted by Gasteiger charge is 2.39. The Balaban J connectivity index is 2.79. The van der Waals surface area contributed by atoms with Crippen molar-refractivity contribution in [2.24, 2.45) is 5.92 Å². The van der Waals surface area contributed by atoms with Crippen molar-refractivity contribution in [1.82, 2.24) is 0 Å². The van der Waals surface area contributed by atoms with Gasteiger partial charge in [0.1, 0.15) is 6.10 Å². The zero-order valence-corrected chi connectivity index (χ0v) is 7.70. The fraction of sp³-hybridized carbons (Fsp3) is 0.667. The van der Waals surface area contributed by atoms with E-state index in [1.807, 2.05) is 0 Å². The summed E-state index contributed by atoms with van der Waals surface area (Å²) >= 11 is 0. The Bertz CT molecular complexity index is 238. The van der Waals surface area contributed by atoms with Crippen LogP contribution in [0.15, 0.2) is 0 Å². The number of cyclic esters (lactones) is 1. The van der Waals surface area contributed by atoms with E-state index in [2.05, 4.69) is 0 Å². The third-order valence-corrected chi connectivity index (χ3v) is 2.03. The number of rotatable bonds is 2. The van der Waals surface area contributed by atoms with Crippen LogP contribution in [0.1, 0.15) is 26.7 Å². The molecule has 0 aromatic carbocycles. The Morgan fingerprint density at radius 2 is 2.15 bits per heavy atom. The molecule has 13 heavy (non-hydrogen) atoms. The van der Waals surface area contributed by atoms with E-state index in [1.165, 1.54) is 0 Å². The van der Waals surface area contributed by atoms with Gasteiger partial charge in [0.15, 0.2) is 17.5 Å². The van der Waals surface area contributed by atoms with Gasteiger partial charge in [-0.3, -0.25) is 14.4 Å². The minimum Gasteiger partial charge on any atom is -0.461 e. The van der Waals surface area contributed by atoms with Gasteiger partial charge in [-0.15, -0.1) is 0 Å². The lowest BCUT2D eigenvalue weighted by atomic mass is 9.91. The summed E-state index contributed by atoms with van der Waals surface area (Å²) in [5.74, 6) is -2.49. The Labute approximate surface area is 76.3 Å². The second-order valence-electron chi connectivity index (χ2n) is 3.17. The highest BCUT2D eigenvalue weighted by molar-refractivity contribution is 6.18. The molecule has 0 spiro atoms. The quantitative estimate of drug-likeness (QED) is 0.462. The fourth-order valence-corrected chi connectivity index (χ4v) is 1.36. The van der Waals surface area contributed by atoms with Crippen LogP contribution in [-0.2, 0) is 19.1 Å². The van der Waals surface area contributed by atoms with Gasteiger partial charge in [0, 0.05) is 12.8 Å². The van der Waals surface area contributed by atoms with Crippen molar-refractivity contribution in [3.05, 3.63) is 0 Å². The molecule has 1 saturated heterocycles. The van der Waals surface area contributed by atoms with Gasteiger partial charge in [-0.2, -0.15) is 0 Å². The van der Waals surface area contributed by atoms with Crippen molar-refractivity contribution in [2.45, 2.75) is 32.8 Å². The Morgan fingerprint density at radius 3 is 2.62 bits per heavy atom. The maximum atomic E-state index is 11.3. The molecular weight excluding hydrogens is 172 g/mol. The van der Waals surface area contributed by atoms with E-state index < -0.39 is 11.9 Å². The minimum atomic E-state index is -1.15. The molecule has 1 aliphatic heterocycles. The summed E-state index contributed by atoms with van der Waals surface area (Å²) in [5, 5.41) is 0. The molecule has 0 aromatic heterocycles. The summed E-state index contributed by atoms with van der Waals surface area (Å²) < 4.78 is 4.81. The van der Waals surface area contributed by atoms with Crippen molar-refractivity contribution < 1.29 is 19.1 Å². The minimum absolute atomic E-state index is 0.155. The lowest BCUT2D eigenvalue weighted by molar-refractivity contribution is -0.165. The highest BCUT2D eigenvalue weighted by atomic mass is 16.5. The highest BCUT2D eigenvalue weighted by Crippen LogP contribution is 2.18. The average Bonchev–Trinajstić information content (AvgIpc) is 2.02. The van der Waals surface area contributed by atoms with E-state index in [0.29, 0.717) is 0 Å². The van der Waals surface area contributed by atoms with Crippen LogP contribution in [0, 0.1) is 5.92 Å². The summed E-state index contributed by atoms with van der Waals surface area (Å²) in [6.07, 6.45) is -0.0388. The van der Waals surface area contributed by atoms with Gasteiger partial charge in [-0.05, 0) is 6.92 Å². The number of ether oxygens (including phenoxy) is 1. The molecule has 1 heterocycles. The molecule has 1 aliphatic rings. The van der Waals surface area contributed by atoms with E-state index in [0.717, 1.165) is 0 Å². The van der Waals surface area contributed by atoms with Gasteiger partial charge in [0.25, 0.3) is 0 Å². The van der Waals surface area contributed by atoms with E-state index in [4.69, 9.17) is 4.74 Å².